The van der Waals surface area contributed by atoms with E-state index in [9.17, 15) is 9.59 Å². The number of methoxy groups -OCH3 is 3. The molecular formula is C22H19N3O5S. The molecule has 0 amide bonds. The molecule has 0 bridgehead atoms. The van der Waals surface area contributed by atoms with Crippen molar-refractivity contribution in [1.29, 1.82) is 0 Å². The normalized spacial score (nSPS) is 11.6. The lowest BCUT2D eigenvalue weighted by molar-refractivity contribution is 0.393. The van der Waals surface area contributed by atoms with Gasteiger partial charge in [-0.3, -0.25) is 9.59 Å². The molecule has 0 N–H and O–H groups in total. The Kier molecular flexibility index (Phi) is 5.68. The van der Waals surface area contributed by atoms with Crippen LogP contribution >= 0.6 is 11.3 Å². The van der Waals surface area contributed by atoms with Crippen molar-refractivity contribution < 1.29 is 14.2 Å². The summed E-state index contributed by atoms with van der Waals surface area (Å²) < 4.78 is 17.3. The number of hydrogen-bond donors (Lipinski definition) is 0. The monoisotopic (exact) mass is 437 g/mol. The first kappa shape index (κ1) is 20.5. The summed E-state index contributed by atoms with van der Waals surface area (Å²) >= 11 is 1.10. The van der Waals surface area contributed by atoms with E-state index in [0.29, 0.717) is 21.6 Å². The number of benzene rings is 2. The van der Waals surface area contributed by atoms with Crippen LogP contribution < -0.4 is 29.9 Å². The summed E-state index contributed by atoms with van der Waals surface area (Å²) in [6, 6.07) is 12.6. The standard InChI is InChI=1S/C22H19N3O5S/c1-28-15-7-4-13(5-8-15)10-17-20(26)23-22-25(24-17)21(27)19(31-22)11-14-6-9-16(29-2)12-18(14)30-3/h4-9,11-12H,10H2,1-3H3/b19-11-. The fraction of sp³-hybridized carbons (Fsp3) is 0.182. The highest BCUT2D eigenvalue weighted by molar-refractivity contribution is 7.15. The van der Waals surface area contributed by atoms with E-state index >= 15 is 0 Å². The molecule has 31 heavy (non-hydrogen) atoms. The van der Waals surface area contributed by atoms with Crippen molar-refractivity contribution in [3.8, 4) is 17.2 Å². The third-order valence-electron chi connectivity index (χ3n) is 4.71. The molecule has 0 fully saturated rings. The average molecular weight is 437 g/mol. The number of aromatic nitrogens is 3. The van der Waals surface area contributed by atoms with Crippen molar-refractivity contribution in [3.05, 3.63) is 84.5 Å². The average Bonchev–Trinajstić information content (AvgIpc) is 3.09. The van der Waals surface area contributed by atoms with Gasteiger partial charge in [-0.2, -0.15) is 14.6 Å². The van der Waals surface area contributed by atoms with Crippen molar-refractivity contribution in [2.75, 3.05) is 21.3 Å². The molecule has 2 aromatic carbocycles. The first-order chi connectivity index (χ1) is 15.0. The van der Waals surface area contributed by atoms with Crippen molar-refractivity contribution in [1.82, 2.24) is 14.6 Å². The third kappa shape index (κ3) is 4.13. The van der Waals surface area contributed by atoms with Crippen LogP contribution in [0.15, 0.2) is 52.1 Å². The van der Waals surface area contributed by atoms with E-state index in [0.717, 1.165) is 22.6 Å². The molecular weight excluding hydrogens is 418 g/mol. The molecule has 8 nitrogen and oxygen atoms in total. The number of ether oxygens (including phenoxy) is 3. The van der Waals surface area contributed by atoms with Gasteiger partial charge in [0.25, 0.3) is 11.1 Å². The zero-order chi connectivity index (χ0) is 22.0. The van der Waals surface area contributed by atoms with E-state index < -0.39 is 5.56 Å². The quantitative estimate of drug-likeness (QED) is 0.453. The molecule has 4 aromatic rings. The Labute approximate surface area is 181 Å². The summed E-state index contributed by atoms with van der Waals surface area (Å²) in [5.41, 5.74) is 0.969. The van der Waals surface area contributed by atoms with Crippen LogP contribution in [0.4, 0.5) is 0 Å². The van der Waals surface area contributed by atoms with Crippen LogP contribution in [0.5, 0.6) is 17.2 Å². The van der Waals surface area contributed by atoms with Gasteiger partial charge in [-0.25, -0.2) is 0 Å². The molecule has 0 saturated carbocycles. The molecule has 158 valence electrons. The van der Waals surface area contributed by atoms with Crippen LogP contribution in [0.25, 0.3) is 11.0 Å². The first-order valence-corrected chi connectivity index (χ1v) is 10.1. The van der Waals surface area contributed by atoms with E-state index in [1.807, 2.05) is 12.1 Å². The van der Waals surface area contributed by atoms with E-state index in [2.05, 4.69) is 10.1 Å². The van der Waals surface area contributed by atoms with Gasteiger partial charge in [0.1, 0.15) is 22.9 Å². The maximum atomic E-state index is 12.9. The van der Waals surface area contributed by atoms with Gasteiger partial charge in [0.2, 0.25) is 4.96 Å². The molecule has 0 aliphatic heterocycles. The highest BCUT2D eigenvalue weighted by Gasteiger charge is 2.12. The van der Waals surface area contributed by atoms with E-state index in [1.54, 1.807) is 57.7 Å². The Balaban J connectivity index is 1.76. The van der Waals surface area contributed by atoms with Gasteiger partial charge in [-0.1, -0.05) is 23.5 Å². The second-order valence-corrected chi connectivity index (χ2v) is 7.62. The molecule has 0 radical (unpaired) electrons. The fourth-order valence-electron chi connectivity index (χ4n) is 3.07. The molecule has 0 saturated heterocycles. The lowest BCUT2D eigenvalue weighted by atomic mass is 10.1. The zero-order valence-electron chi connectivity index (χ0n) is 17.1. The molecule has 0 unspecified atom stereocenters. The Morgan fingerprint density at radius 1 is 0.968 bits per heavy atom. The van der Waals surface area contributed by atoms with Gasteiger partial charge < -0.3 is 14.2 Å². The number of fused-ring (bicyclic) bond motifs is 1. The number of hydrogen-bond acceptors (Lipinski definition) is 8. The summed E-state index contributed by atoms with van der Waals surface area (Å²) in [6.45, 7) is 0. The number of thiazole rings is 1. The highest BCUT2D eigenvalue weighted by atomic mass is 32.1. The molecule has 9 heteroatoms. The van der Waals surface area contributed by atoms with Crippen LogP contribution in [0.1, 0.15) is 16.8 Å². The molecule has 0 aliphatic rings. The summed E-state index contributed by atoms with van der Waals surface area (Å²) in [5.74, 6) is 1.92. The molecule has 4 rings (SSSR count). The zero-order valence-corrected chi connectivity index (χ0v) is 17.9. The van der Waals surface area contributed by atoms with Crippen molar-refractivity contribution in [2.45, 2.75) is 6.42 Å². The SMILES string of the molecule is COc1ccc(Cc2nn3c(=O)/c(=C/c4ccc(OC)cc4OC)sc3nc2=O)cc1. The summed E-state index contributed by atoms with van der Waals surface area (Å²) in [6.07, 6.45) is 1.95. The van der Waals surface area contributed by atoms with Crippen LogP contribution in [-0.4, -0.2) is 35.9 Å². The smallest absolute Gasteiger partial charge is 0.296 e. The maximum Gasteiger partial charge on any atom is 0.296 e. The lowest BCUT2D eigenvalue weighted by Gasteiger charge is -2.06. The second-order valence-electron chi connectivity index (χ2n) is 6.61. The van der Waals surface area contributed by atoms with E-state index in [-0.39, 0.29) is 22.6 Å². The van der Waals surface area contributed by atoms with E-state index in [4.69, 9.17) is 14.2 Å². The predicted octanol–water partition coefficient (Wildman–Crippen LogP) is 1.68. The van der Waals surface area contributed by atoms with Gasteiger partial charge >= 0.3 is 0 Å². The van der Waals surface area contributed by atoms with Gasteiger partial charge in [-0.15, -0.1) is 0 Å². The number of nitrogens with zero attached hydrogens (tertiary/aromatic N) is 3. The summed E-state index contributed by atoms with van der Waals surface area (Å²) in [4.78, 5) is 29.7. The summed E-state index contributed by atoms with van der Waals surface area (Å²) in [5, 5.41) is 4.28. The minimum absolute atomic E-state index is 0.200. The molecule has 0 atom stereocenters. The third-order valence-corrected chi connectivity index (χ3v) is 5.67. The van der Waals surface area contributed by atoms with Gasteiger partial charge in [0, 0.05) is 18.1 Å². The van der Waals surface area contributed by atoms with Crippen LogP contribution in [0, 0.1) is 0 Å². The van der Waals surface area contributed by atoms with Crippen LogP contribution in [0.3, 0.4) is 0 Å². The first-order valence-electron chi connectivity index (χ1n) is 9.32. The topological polar surface area (TPSA) is 92.0 Å². The molecule has 2 aromatic heterocycles. The van der Waals surface area contributed by atoms with Crippen molar-refractivity contribution >= 4 is 22.4 Å². The van der Waals surface area contributed by atoms with Gasteiger partial charge in [0.05, 0.1) is 25.9 Å². The molecule has 0 spiro atoms. The van der Waals surface area contributed by atoms with Crippen LogP contribution in [0.2, 0.25) is 0 Å². The Bertz CT molecular complexity index is 1410. The summed E-state index contributed by atoms with van der Waals surface area (Å²) in [7, 11) is 4.70. The van der Waals surface area contributed by atoms with Gasteiger partial charge in [0.15, 0.2) is 0 Å². The minimum atomic E-state index is -0.453. The molecule has 0 aliphatic carbocycles. The Hall–Kier alpha value is -3.72. The number of rotatable bonds is 6. The van der Waals surface area contributed by atoms with Crippen LogP contribution in [-0.2, 0) is 6.42 Å². The fourth-order valence-corrected chi connectivity index (χ4v) is 3.96. The van der Waals surface area contributed by atoms with Crippen molar-refractivity contribution in [2.24, 2.45) is 0 Å². The van der Waals surface area contributed by atoms with Gasteiger partial charge in [-0.05, 0) is 35.9 Å². The lowest BCUT2D eigenvalue weighted by Crippen LogP contribution is -2.28. The highest BCUT2D eigenvalue weighted by Crippen LogP contribution is 2.25. The minimum Gasteiger partial charge on any atom is -0.497 e. The second kappa shape index (κ2) is 8.57. The Morgan fingerprint density at radius 2 is 1.68 bits per heavy atom. The van der Waals surface area contributed by atoms with Crippen molar-refractivity contribution in [3.63, 3.8) is 0 Å². The van der Waals surface area contributed by atoms with E-state index in [1.165, 1.54) is 4.52 Å². The predicted molar refractivity (Wildman–Crippen MR) is 118 cm³/mol. The Morgan fingerprint density at radius 3 is 2.35 bits per heavy atom. The maximum absolute atomic E-state index is 12.9. The largest absolute Gasteiger partial charge is 0.497 e. The molecule has 2 heterocycles.